The zero-order valence-electron chi connectivity index (χ0n) is 15.7. The summed E-state index contributed by atoms with van der Waals surface area (Å²) in [4.78, 5) is 10.7. The average Bonchev–Trinajstić information content (AvgIpc) is 3.57. The minimum atomic E-state index is -3.86. The van der Waals surface area contributed by atoms with Crippen molar-refractivity contribution in [2.45, 2.75) is 11.5 Å². The van der Waals surface area contributed by atoms with Gasteiger partial charge in [-0.25, -0.2) is 22.9 Å². The third-order valence-electron chi connectivity index (χ3n) is 4.56. The van der Waals surface area contributed by atoms with Crippen LogP contribution in [-0.2, 0) is 25.7 Å². The lowest BCUT2D eigenvalue weighted by Crippen LogP contribution is -2.11. The summed E-state index contributed by atoms with van der Waals surface area (Å²) >= 11 is 0. The van der Waals surface area contributed by atoms with E-state index in [-0.39, 0.29) is 28.7 Å². The van der Waals surface area contributed by atoms with E-state index in [1.165, 1.54) is 42.5 Å². The number of primary sulfonamides is 1. The molecule has 160 valence electrons. The topological polar surface area (TPSA) is 145 Å². The fourth-order valence-electron chi connectivity index (χ4n) is 2.80. The molecule has 13 heteroatoms. The summed E-state index contributed by atoms with van der Waals surface area (Å²) < 4.78 is 50.6. The maximum Gasteiger partial charge on any atom is 0.346 e. The van der Waals surface area contributed by atoms with Gasteiger partial charge in [0.05, 0.1) is 16.4 Å². The molecule has 11 nitrogen and oxygen atoms in total. The number of nitro groups is 1. The van der Waals surface area contributed by atoms with Gasteiger partial charge >= 0.3 is 13.4 Å². The van der Waals surface area contributed by atoms with E-state index in [1.54, 1.807) is 9.34 Å². The molecule has 0 bridgehead atoms. The maximum atomic E-state index is 13.0. The first-order chi connectivity index (χ1) is 14.2. The highest BCUT2D eigenvalue weighted by atomic mass is 32.2. The van der Waals surface area contributed by atoms with Crippen LogP contribution >= 0.6 is 7.67 Å². The fraction of sp³-hybridized carbons (Fsp3) is 0.294. The summed E-state index contributed by atoms with van der Waals surface area (Å²) in [5, 5.41) is 16.4. The average molecular weight is 454 g/mol. The van der Waals surface area contributed by atoms with Gasteiger partial charge in [0.25, 0.3) is 0 Å². The van der Waals surface area contributed by atoms with Crippen LogP contribution in [0.1, 0.15) is 5.56 Å². The molecular formula is C17H19N4O7PS. The van der Waals surface area contributed by atoms with Gasteiger partial charge in [0.15, 0.2) is 0 Å². The molecule has 2 N–H and O–H groups in total. The van der Waals surface area contributed by atoms with E-state index in [4.69, 9.17) is 14.4 Å². The van der Waals surface area contributed by atoms with E-state index in [2.05, 4.69) is 0 Å². The van der Waals surface area contributed by atoms with Crippen LogP contribution in [-0.4, -0.2) is 48.9 Å². The molecule has 0 amide bonds. The largest absolute Gasteiger partial charge is 0.450 e. The van der Waals surface area contributed by atoms with E-state index in [0.717, 1.165) is 26.2 Å². The molecule has 0 aromatic heterocycles. The van der Waals surface area contributed by atoms with Gasteiger partial charge in [-0.15, -0.1) is 0 Å². The quantitative estimate of drug-likeness (QED) is 0.261. The molecule has 2 aliphatic rings. The van der Waals surface area contributed by atoms with Crippen LogP contribution in [0.15, 0.2) is 47.4 Å². The number of nitrogens with two attached hydrogens (primary N) is 1. The molecule has 0 aliphatic carbocycles. The summed E-state index contributed by atoms with van der Waals surface area (Å²) in [5.74, 6) is 0.153. The van der Waals surface area contributed by atoms with Crippen molar-refractivity contribution in [1.29, 1.82) is 0 Å². The molecule has 0 saturated carbocycles. The van der Waals surface area contributed by atoms with Crippen LogP contribution in [0.2, 0.25) is 0 Å². The molecule has 2 fully saturated rings. The molecule has 0 radical (unpaired) electrons. The van der Waals surface area contributed by atoms with Gasteiger partial charge in [-0.1, -0.05) is 0 Å². The second kappa shape index (κ2) is 7.73. The highest BCUT2D eigenvalue weighted by molar-refractivity contribution is 7.89. The molecule has 30 heavy (non-hydrogen) atoms. The van der Waals surface area contributed by atoms with E-state index >= 15 is 0 Å². The zero-order valence-corrected chi connectivity index (χ0v) is 17.4. The van der Waals surface area contributed by atoms with Crippen LogP contribution < -0.4 is 9.88 Å². The van der Waals surface area contributed by atoms with Crippen LogP contribution in [0.4, 0.5) is 5.69 Å². The smallest absolute Gasteiger partial charge is 0.346 e. The highest BCUT2D eigenvalue weighted by Gasteiger charge is 2.49. The van der Waals surface area contributed by atoms with Crippen LogP contribution in [0.25, 0.3) is 0 Å². The second-order valence-electron chi connectivity index (χ2n) is 6.85. The standard InChI is InChI=1S/C17H19N4O7PS/c18-30(25,26)15-4-2-14(3-5-15)28-17-11-13(1-6-16(17)21(22)23)12-27-29(24,19-7-8-19)20-9-10-20/h1-6,11H,7-10,12H2,(H2,18,25,26). The predicted octanol–water partition coefficient (Wildman–Crippen LogP) is 2.29. The summed E-state index contributed by atoms with van der Waals surface area (Å²) in [6, 6.07) is 9.43. The van der Waals surface area contributed by atoms with Gasteiger partial charge in [-0.3, -0.25) is 14.7 Å². The van der Waals surface area contributed by atoms with Crippen LogP contribution in [0.5, 0.6) is 11.5 Å². The lowest BCUT2D eigenvalue weighted by atomic mass is 10.2. The van der Waals surface area contributed by atoms with Gasteiger partial charge in [0, 0.05) is 32.2 Å². The minimum Gasteiger partial charge on any atom is -0.450 e. The fourth-order valence-corrected chi connectivity index (χ4v) is 5.51. The Balaban J connectivity index is 1.54. The summed E-state index contributed by atoms with van der Waals surface area (Å²) in [6.07, 6.45) is 0. The monoisotopic (exact) mass is 454 g/mol. The van der Waals surface area contributed by atoms with Crippen molar-refractivity contribution in [2.24, 2.45) is 5.14 Å². The number of benzene rings is 2. The Bertz CT molecular complexity index is 1120. The Hall–Kier alpha value is -2.34. The molecule has 2 saturated heterocycles. The third kappa shape index (κ3) is 4.53. The van der Waals surface area contributed by atoms with Crippen molar-refractivity contribution in [2.75, 3.05) is 26.2 Å². The van der Waals surface area contributed by atoms with Crippen molar-refractivity contribution < 1.29 is 27.2 Å². The first-order valence-corrected chi connectivity index (χ1v) is 12.1. The summed E-state index contributed by atoms with van der Waals surface area (Å²) in [6.45, 7) is 2.88. The lowest BCUT2D eigenvalue weighted by molar-refractivity contribution is -0.385. The molecule has 0 atom stereocenters. The van der Waals surface area contributed by atoms with Gasteiger partial charge in [0.2, 0.25) is 15.8 Å². The van der Waals surface area contributed by atoms with Crippen molar-refractivity contribution in [1.82, 2.24) is 9.34 Å². The second-order valence-corrected chi connectivity index (χ2v) is 10.8. The Kier molecular flexibility index (Phi) is 5.39. The molecule has 0 unspecified atom stereocenters. The Labute approximate surface area is 172 Å². The zero-order chi connectivity index (χ0) is 21.5. The first kappa shape index (κ1) is 20.9. The molecule has 2 aliphatic heterocycles. The van der Waals surface area contributed by atoms with Gasteiger partial charge in [-0.2, -0.15) is 0 Å². The van der Waals surface area contributed by atoms with E-state index in [0.29, 0.717) is 5.56 Å². The van der Waals surface area contributed by atoms with Gasteiger partial charge in [-0.05, 0) is 42.0 Å². The van der Waals surface area contributed by atoms with E-state index < -0.39 is 22.6 Å². The molecule has 2 heterocycles. The maximum absolute atomic E-state index is 13.0. The number of sulfonamides is 1. The minimum absolute atomic E-state index is 0.00296. The highest BCUT2D eigenvalue weighted by Crippen LogP contribution is 2.61. The van der Waals surface area contributed by atoms with Gasteiger partial charge in [0.1, 0.15) is 5.75 Å². The molecular weight excluding hydrogens is 435 g/mol. The Morgan fingerprint density at radius 2 is 1.67 bits per heavy atom. The number of hydrogen-bond acceptors (Lipinski definition) is 7. The molecule has 2 aromatic rings. The SMILES string of the molecule is NS(=O)(=O)c1ccc(Oc2cc(COP(=O)(N3CC3)N3CC3)ccc2[N+](=O)[O-])cc1. The molecule has 2 aromatic carbocycles. The number of rotatable bonds is 9. The number of nitrogens with zero attached hydrogens (tertiary/aromatic N) is 3. The number of nitro benzene ring substituents is 1. The lowest BCUT2D eigenvalue weighted by Gasteiger charge is -2.19. The van der Waals surface area contributed by atoms with E-state index in [1.807, 2.05) is 0 Å². The molecule has 4 rings (SSSR count). The van der Waals surface area contributed by atoms with Gasteiger partial charge < -0.3 is 9.26 Å². The number of hydrogen-bond donors (Lipinski definition) is 1. The van der Waals surface area contributed by atoms with Crippen molar-refractivity contribution in [3.05, 3.63) is 58.1 Å². The number of ether oxygens (including phenoxy) is 1. The van der Waals surface area contributed by atoms with Crippen LogP contribution in [0, 0.1) is 10.1 Å². The van der Waals surface area contributed by atoms with Crippen LogP contribution in [0.3, 0.4) is 0 Å². The van der Waals surface area contributed by atoms with E-state index in [9.17, 15) is 23.1 Å². The Morgan fingerprint density at radius 1 is 1.07 bits per heavy atom. The van der Waals surface area contributed by atoms with Crippen molar-refractivity contribution >= 4 is 23.4 Å². The van der Waals surface area contributed by atoms with Crippen molar-refractivity contribution in [3.63, 3.8) is 0 Å². The van der Waals surface area contributed by atoms with Crippen molar-refractivity contribution in [3.8, 4) is 11.5 Å². The molecule has 0 spiro atoms. The summed E-state index contributed by atoms with van der Waals surface area (Å²) in [5.41, 5.74) is 0.287. The normalized spacial score (nSPS) is 17.0. The predicted molar refractivity (Wildman–Crippen MR) is 107 cm³/mol. The third-order valence-corrected chi connectivity index (χ3v) is 8.19. The first-order valence-electron chi connectivity index (χ1n) is 9.00. The Morgan fingerprint density at radius 3 is 2.17 bits per heavy atom. The summed E-state index contributed by atoms with van der Waals surface area (Å²) in [7, 11) is -6.88.